The van der Waals surface area contributed by atoms with Gasteiger partial charge in [-0.25, -0.2) is 0 Å². The molecule has 0 saturated carbocycles. The third-order valence-corrected chi connectivity index (χ3v) is 7.92. The lowest BCUT2D eigenvalue weighted by Crippen LogP contribution is -2.07. The summed E-state index contributed by atoms with van der Waals surface area (Å²) < 4.78 is 1.61. The summed E-state index contributed by atoms with van der Waals surface area (Å²) in [5.41, 5.74) is 2.00. The Kier molecular flexibility index (Phi) is 5.93. The van der Waals surface area contributed by atoms with Crippen molar-refractivity contribution in [3.63, 3.8) is 0 Å². The average Bonchev–Trinajstić information content (AvgIpc) is 2.85. The summed E-state index contributed by atoms with van der Waals surface area (Å²) >= 11 is 8.80. The van der Waals surface area contributed by atoms with Gasteiger partial charge in [0.05, 0.1) is 4.58 Å². The molecule has 1 heterocycles. The van der Waals surface area contributed by atoms with Crippen LogP contribution in [0.1, 0.15) is 17.1 Å². The number of halogens is 1. The standard InChI is InChI=1S/C14H15BrOS3/c1-9(2)13(16)17-7-12-8-18-14(19-12)10-3-5-11(15)6-4-10/h3-6,12,14H,1,7-8H2,2H3. The van der Waals surface area contributed by atoms with Crippen molar-refractivity contribution in [2.24, 2.45) is 0 Å². The maximum Gasteiger partial charge on any atom is 0.214 e. The van der Waals surface area contributed by atoms with Gasteiger partial charge in [0.2, 0.25) is 5.12 Å². The molecule has 0 spiro atoms. The van der Waals surface area contributed by atoms with Gasteiger partial charge in [-0.15, -0.1) is 23.5 Å². The van der Waals surface area contributed by atoms with Crippen molar-refractivity contribution >= 4 is 56.3 Å². The van der Waals surface area contributed by atoms with E-state index in [0.717, 1.165) is 16.0 Å². The highest BCUT2D eigenvalue weighted by Crippen LogP contribution is 2.50. The van der Waals surface area contributed by atoms with E-state index in [-0.39, 0.29) is 5.12 Å². The number of hydrogen-bond donors (Lipinski definition) is 0. The van der Waals surface area contributed by atoms with E-state index in [1.165, 1.54) is 17.3 Å². The Balaban J connectivity index is 1.84. The van der Waals surface area contributed by atoms with Crippen LogP contribution < -0.4 is 0 Å². The van der Waals surface area contributed by atoms with E-state index in [1.54, 1.807) is 6.92 Å². The first-order chi connectivity index (χ1) is 9.06. The van der Waals surface area contributed by atoms with Crippen molar-refractivity contribution in [2.45, 2.75) is 16.8 Å². The van der Waals surface area contributed by atoms with Crippen molar-refractivity contribution in [1.82, 2.24) is 0 Å². The maximum absolute atomic E-state index is 11.5. The smallest absolute Gasteiger partial charge is 0.214 e. The predicted molar refractivity (Wildman–Crippen MR) is 93.0 cm³/mol. The molecule has 0 N–H and O–H groups in total. The fourth-order valence-corrected chi connectivity index (χ4v) is 6.35. The summed E-state index contributed by atoms with van der Waals surface area (Å²) in [5.74, 6) is 2.00. The zero-order valence-corrected chi connectivity index (χ0v) is 14.6. The van der Waals surface area contributed by atoms with Crippen LogP contribution in [0.4, 0.5) is 0 Å². The van der Waals surface area contributed by atoms with Crippen molar-refractivity contribution in [1.29, 1.82) is 0 Å². The van der Waals surface area contributed by atoms with Crippen molar-refractivity contribution in [3.05, 3.63) is 46.5 Å². The molecular formula is C14H15BrOS3. The van der Waals surface area contributed by atoms with Gasteiger partial charge in [-0.1, -0.05) is 46.4 Å². The summed E-state index contributed by atoms with van der Waals surface area (Å²) in [7, 11) is 0. The van der Waals surface area contributed by atoms with E-state index < -0.39 is 0 Å². The van der Waals surface area contributed by atoms with Crippen LogP contribution in [0.2, 0.25) is 0 Å². The molecule has 5 heteroatoms. The number of thioether (sulfide) groups is 3. The molecule has 0 bridgehead atoms. The number of carbonyl (C=O) groups is 1. The van der Waals surface area contributed by atoms with Crippen LogP contribution in [0.25, 0.3) is 0 Å². The minimum absolute atomic E-state index is 0.123. The molecule has 2 rings (SSSR count). The summed E-state index contributed by atoms with van der Waals surface area (Å²) in [6.07, 6.45) is 0. The van der Waals surface area contributed by atoms with E-state index in [1.807, 2.05) is 23.5 Å². The van der Waals surface area contributed by atoms with E-state index >= 15 is 0 Å². The van der Waals surface area contributed by atoms with Gasteiger partial charge in [0, 0.05) is 21.2 Å². The molecule has 0 radical (unpaired) electrons. The normalized spacial score (nSPS) is 22.4. The predicted octanol–water partition coefficient (Wildman–Crippen LogP) is 5.13. The highest BCUT2D eigenvalue weighted by molar-refractivity contribution is 9.10. The van der Waals surface area contributed by atoms with E-state index in [2.05, 4.69) is 46.8 Å². The quantitative estimate of drug-likeness (QED) is 0.678. The van der Waals surface area contributed by atoms with Gasteiger partial charge in [0.15, 0.2) is 0 Å². The SMILES string of the molecule is C=C(C)C(=O)SCC1CSC(c2ccc(Br)cc2)S1. The first-order valence-corrected chi connectivity index (χ1v) is 9.68. The Morgan fingerprint density at radius 2 is 2.16 bits per heavy atom. The Hall–Kier alpha value is 0.160. The maximum atomic E-state index is 11.5. The van der Waals surface area contributed by atoms with Crippen molar-refractivity contribution in [3.8, 4) is 0 Å². The van der Waals surface area contributed by atoms with Crippen LogP contribution in [-0.4, -0.2) is 21.9 Å². The molecule has 1 aliphatic rings. The monoisotopic (exact) mass is 374 g/mol. The molecule has 1 aromatic carbocycles. The van der Waals surface area contributed by atoms with Gasteiger partial charge in [-0.2, -0.15) is 0 Å². The molecule has 0 amide bonds. The fourth-order valence-electron chi connectivity index (χ4n) is 1.62. The number of benzene rings is 1. The minimum Gasteiger partial charge on any atom is -0.282 e. The third kappa shape index (κ3) is 4.59. The Morgan fingerprint density at radius 3 is 2.79 bits per heavy atom. The summed E-state index contributed by atoms with van der Waals surface area (Å²) in [5, 5.41) is 0.671. The van der Waals surface area contributed by atoms with Crippen LogP contribution in [0.5, 0.6) is 0 Å². The molecule has 2 unspecified atom stereocenters. The second kappa shape index (κ2) is 7.25. The highest BCUT2D eigenvalue weighted by atomic mass is 79.9. The molecule has 19 heavy (non-hydrogen) atoms. The molecule has 1 aliphatic heterocycles. The first-order valence-electron chi connectivity index (χ1n) is 5.91. The van der Waals surface area contributed by atoms with Gasteiger partial charge in [0.1, 0.15) is 0 Å². The molecule has 1 saturated heterocycles. The third-order valence-electron chi connectivity index (χ3n) is 2.64. The van der Waals surface area contributed by atoms with E-state index in [4.69, 9.17) is 0 Å². The van der Waals surface area contributed by atoms with Crippen LogP contribution in [-0.2, 0) is 4.79 Å². The Morgan fingerprint density at radius 1 is 1.47 bits per heavy atom. The molecule has 2 atom stereocenters. The zero-order chi connectivity index (χ0) is 13.8. The van der Waals surface area contributed by atoms with Gasteiger partial charge in [-0.05, 0) is 30.2 Å². The summed E-state index contributed by atoms with van der Waals surface area (Å²) in [4.78, 5) is 11.5. The second-order valence-electron chi connectivity index (χ2n) is 4.35. The Bertz CT molecular complexity index is 472. The van der Waals surface area contributed by atoms with Gasteiger partial charge in [0.25, 0.3) is 0 Å². The van der Waals surface area contributed by atoms with Crippen molar-refractivity contribution < 1.29 is 4.79 Å². The van der Waals surface area contributed by atoms with E-state index in [0.29, 0.717) is 15.4 Å². The lowest BCUT2D eigenvalue weighted by atomic mass is 10.2. The number of rotatable bonds is 4. The zero-order valence-electron chi connectivity index (χ0n) is 10.6. The highest BCUT2D eigenvalue weighted by Gasteiger charge is 2.27. The van der Waals surface area contributed by atoms with Crippen molar-refractivity contribution in [2.75, 3.05) is 11.5 Å². The van der Waals surface area contributed by atoms with Gasteiger partial charge in [-0.3, -0.25) is 4.79 Å². The van der Waals surface area contributed by atoms with Crippen LogP contribution in [0.3, 0.4) is 0 Å². The molecule has 1 fully saturated rings. The van der Waals surface area contributed by atoms with Crippen LogP contribution >= 0.6 is 51.2 Å². The average molecular weight is 375 g/mol. The van der Waals surface area contributed by atoms with Crippen LogP contribution in [0, 0.1) is 0 Å². The molecule has 0 aliphatic carbocycles. The number of hydrogen-bond acceptors (Lipinski definition) is 4. The molecule has 0 aromatic heterocycles. The summed E-state index contributed by atoms with van der Waals surface area (Å²) in [6.45, 7) is 5.46. The lowest BCUT2D eigenvalue weighted by molar-refractivity contribution is -0.107. The largest absolute Gasteiger partial charge is 0.282 e. The van der Waals surface area contributed by atoms with Gasteiger partial charge >= 0.3 is 0 Å². The number of carbonyl (C=O) groups excluding carboxylic acids is 1. The topological polar surface area (TPSA) is 17.1 Å². The molecule has 1 nitrogen and oxygen atoms in total. The minimum atomic E-state index is 0.123. The second-order valence-corrected chi connectivity index (χ2v) is 9.11. The molecular weight excluding hydrogens is 360 g/mol. The Labute approximate surface area is 135 Å². The molecule has 102 valence electrons. The van der Waals surface area contributed by atoms with Gasteiger partial charge < -0.3 is 0 Å². The van der Waals surface area contributed by atoms with E-state index in [9.17, 15) is 4.79 Å². The van der Waals surface area contributed by atoms with Crippen LogP contribution in [0.15, 0.2) is 40.9 Å². The molecule has 1 aromatic rings. The first kappa shape index (κ1) is 15.5. The summed E-state index contributed by atoms with van der Waals surface area (Å²) in [6, 6.07) is 8.51. The fraction of sp³-hybridized carbons (Fsp3) is 0.357. The lowest BCUT2D eigenvalue weighted by Gasteiger charge is -2.10.